The summed E-state index contributed by atoms with van der Waals surface area (Å²) in [5.74, 6) is 1.11. The van der Waals surface area contributed by atoms with Crippen LogP contribution in [0.15, 0.2) is 24.3 Å². The van der Waals surface area contributed by atoms with E-state index in [9.17, 15) is 4.79 Å². The molecule has 1 aromatic carbocycles. The summed E-state index contributed by atoms with van der Waals surface area (Å²) < 4.78 is 0. The van der Waals surface area contributed by atoms with E-state index in [0.29, 0.717) is 21.8 Å². The number of carbonyl (C=O) groups is 1. The molecule has 0 aliphatic heterocycles. The van der Waals surface area contributed by atoms with Gasteiger partial charge in [0.25, 0.3) is 5.91 Å². The number of amides is 1. The van der Waals surface area contributed by atoms with Crippen molar-refractivity contribution in [3.05, 3.63) is 35.4 Å². The molecule has 1 aromatic rings. The van der Waals surface area contributed by atoms with E-state index in [1.54, 1.807) is 12.1 Å². The van der Waals surface area contributed by atoms with Gasteiger partial charge in [-0.25, -0.2) is 0 Å². The number of rotatable bonds is 5. The standard InChI is InChI=1S/C15H20N2OS2/c1-2-20-13-7-6-12(9-13)17-15(18)11-5-3-4-10(8-11)14(16)19/h3-5,8,12-13H,2,6-7,9H2,1H3,(H2,16,19)(H,17,18). The van der Waals surface area contributed by atoms with E-state index in [-0.39, 0.29) is 5.91 Å². The Balaban J connectivity index is 1.95. The number of nitrogens with one attached hydrogen (secondary N) is 1. The summed E-state index contributed by atoms with van der Waals surface area (Å²) in [5, 5.41) is 3.80. The molecule has 1 saturated carbocycles. The van der Waals surface area contributed by atoms with E-state index in [2.05, 4.69) is 12.2 Å². The molecule has 1 aliphatic rings. The fraction of sp³-hybridized carbons (Fsp3) is 0.467. The highest BCUT2D eigenvalue weighted by Gasteiger charge is 2.25. The SMILES string of the molecule is CCSC1CCC(NC(=O)c2cccc(C(N)=S)c2)C1. The molecule has 5 heteroatoms. The Morgan fingerprint density at radius 3 is 2.90 bits per heavy atom. The maximum Gasteiger partial charge on any atom is 0.251 e. The zero-order valence-electron chi connectivity index (χ0n) is 11.6. The first-order valence-electron chi connectivity index (χ1n) is 6.92. The molecule has 108 valence electrons. The highest BCUT2D eigenvalue weighted by Crippen LogP contribution is 2.29. The Morgan fingerprint density at radius 1 is 1.45 bits per heavy atom. The molecule has 2 atom stereocenters. The molecule has 0 spiro atoms. The van der Waals surface area contributed by atoms with Gasteiger partial charge in [-0.2, -0.15) is 11.8 Å². The lowest BCUT2D eigenvalue weighted by molar-refractivity contribution is 0.0938. The van der Waals surface area contributed by atoms with E-state index in [1.807, 2.05) is 23.9 Å². The van der Waals surface area contributed by atoms with E-state index in [0.717, 1.165) is 24.2 Å². The summed E-state index contributed by atoms with van der Waals surface area (Å²) in [5.41, 5.74) is 6.96. The molecule has 1 fully saturated rings. The Kier molecular flexibility index (Phi) is 5.43. The monoisotopic (exact) mass is 308 g/mol. The first-order chi connectivity index (χ1) is 9.60. The topological polar surface area (TPSA) is 55.1 Å². The van der Waals surface area contributed by atoms with Crippen molar-refractivity contribution >= 4 is 34.9 Å². The highest BCUT2D eigenvalue weighted by molar-refractivity contribution is 7.99. The van der Waals surface area contributed by atoms with Crippen molar-refractivity contribution in [2.75, 3.05) is 5.75 Å². The Hall–Kier alpha value is -1.07. The normalized spacial score (nSPS) is 21.6. The number of thiocarbonyl (C=S) groups is 1. The lowest BCUT2D eigenvalue weighted by Gasteiger charge is -2.13. The van der Waals surface area contributed by atoms with Gasteiger partial charge in [0.05, 0.1) is 0 Å². The predicted molar refractivity (Wildman–Crippen MR) is 89.4 cm³/mol. The number of carbonyl (C=O) groups excluding carboxylic acids is 1. The highest BCUT2D eigenvalue weighted by atomic mass is 32.2. The van der Waals surface area contributed by atoms with Crippen LogP contribution in [0.3, 0.4) is 0 Å². The molecule has 20 heavy (non-hydrogen) atoms. The van der Waals surface area contributed by atoms with Crippen molar-refractivity contribution in [1.29, 1.82) is 0 Å². The minimum absolute atomic E-state index is 0.0322. The van der Waals surface area contributed by atoms with Gasteiger partial charge in [0.15, 0.2) is 0 Å². The van der Waals surface area contributed by atoms with Crippen molar-refractivity contribution in [2.45, 2.75) is 37.5 Å². The fourth-order valence-electron chi connectivity index (χ4n) is 2.54. The second-order valence-corrected chi connectivity index (χ2v) is 7.02. The molecular formula is C15H20N2OS2. The van der Waals surface area contributed by atoms with Gasteiger partial charge < -0.3 is 11.1 Å². The van der Waals surface area contributed by atoms with Crippen LogP contribution in [0.2, 0.25) is 0 Å². The van der Waals surface area contributed by atoms with Crippen LogP contribution in [0.4, 0.5) is 0 Å². The Bertz CT molecular complexity index is 504. The molecule has 0 radical (unpaired) electrons. The molecule has 2 unspecified atom stereocenters. The van der Waals surface area contributed by atoms with Gasteiger partial charge in [-0.1, -0.05) is 31.3 Å². The molecule has 0 aromatic heterocycles. The molecule has 0 saturated heterocycles. The Labute approximate surface area is 129 Å². The summed E-state index contributed by atoms with van der Waals surface area (Å²) in [6.07, 6.45) is 3.33. The first kappa shape index (κ1) is 15.3. The van der Waals surface area contributed by atoms with Crippen LogP contribution in [0.1, 0.15) is 42.1 Å². The number of hydrogen-bond acceptors (Lipinski definition) is 3. The van der Waals surface area contributed by atoms with Gasteiger partial charge in [0.2, 0.25) is 0 Å². The molecule has 0 bridgehead atoms. The second-order valence-electron chi connectivity index (χ2n) is 5.01. The maximum atomic E-state index is 12.2. The summed E-state index contributed by atoms with van der Waals surface area (Å²) in [6, 6.07) is 7.48. The van der Waals surface area contributed by atoms with Gasteiger partial charge in [0, 0.05) is 22.4 Å². The first-order valence-corrected chi connectivity index (χ1v) is 8.38. The van der Waals surface area contributed by atoms with Crippen LogP contribution in [0.25, 0.3) is 0 Å². The van der Waals surface area contributed by atoms with Gasteiger partial charge >= 0.3 is 0 Å². The largest absolute Gasteiger partial charge is 0.389 e. The quantitative estimate of drug-likeness (QED) is 0.821. The van der Waals surface area contributed by atoms with Gasteiger partial charge in [-0.05, 0) is 37.1 Å². The zero-order chi connectivity index (χ0) is 14.5. The van der Waals surface area contributed by atoms with Crippen molar-refractivity contribution in [3.63, 3.8) is 0 Å². The van der Waals surface area contributed by atoms with E-state index < -0.39 is 0 Å². The molecule has 0 heterocycles. The van der Waals surface area contributed by atoms with Crippen molar-refractivity contribution in [1.82, 2.24) is 5.32 Å². The third-order valence-corrected chi connectivity index (χ3v) is 5.00. The minimum atomic E-state index is -0.0322. The van der Waals surface area contributed by atoms with Gasteiger partial charge in [-0.15, -0.1) is 0 Å². The summed E-state index contributed by atoms with van der Waals surface area (Å²) in [4.78, 5) is 12.6. The van der Waals surface area contributed by atoms with Crippen LogP contribution in [0, 0.1) is 0 Å². The van der Waals surface area contributed by atoms with Gasteiger partial charge in [-0.3, -0.25) is 4.79 Å². The van der Waals surface area contributed by atoms with Crippen LogP contribution in [-0.2, 0) is 0 Å². The number of benzene rings is 1. The van der Waals surface area contributed by atoms with E-state index in [1.165, 1.54) is 6.42 Å². The fourth-order valence-corrected chi connectivity index (χ4v) is 3.81. The molecule has 2 rings (SSSR count). The van der Waals surface area contributed by atoms with Crippen molar-refractivity contribution in [2.24, 2.45) is 5.73 Å². The molecule has 3 nitrogen and oxygen atoms in total. The number of thioether (sulfide) groups is 1. The average molecular weight is 308 g/mol. The summed E-state index contributed by atoms with van der Waals surface area (Å²) >= 11 is 6.93. The number of nitrogens with two attached hydrogens (primary N) is 1. The zero-order valence-corrected chi connectivity index (χ0v) is 13.2. The third-order valence-electron chi connectivity index (χ3n) is 3.53. The summed E-state index contributed by atoms with van der Waals surface area (Å²) in [6.45, 7) is 2.18. The smallest absolute Gasteiger partial charge is 0.251 e. The van der Waals surface area contributed by atoms with Crippen LogP contribution < -0.4 is 11.1 Å². The second kappa shape index (κ2) is 7.09. The van der Waals surface area contributed by atoms with E-state index >= 15 is 0 Å². The minimum Gasteiger partial charge on any atom is -0.389 e. The van der Waals surface area contributed by atoms with Gasteiger partial charge in [0.1, 0.15) is 4.99 Å². The Morgan fingerprint density at radius 2 is 2.20 bits per heavy atom. The third kappa shape index (κ3) is 3.96. The maximum absolute atomic E-state index is 12.2. The van der Waals surface area contributed by atoms with Crippen LogP contribution >= 0.6 is 24.0 Å². The number of hydrogen-bond donors (Lipinski definition) is 2. The lowest BCUT2D eigenvalue weighted by atomic mass is 10.1. The van der Waals surface area contributed by atoms with Crippen molar-refractivity contribution in [3.8, 4) is 0 Å². The lowest BCUT2D eigenvalue weighted by Crippen LogP contribution is -2.33. The predicted octanol–water partition coefficient (Wildman–Crippen LogP) is 2.72. The van der Waals surface area contributed by atoms with Crippen molar-refractivity contribution < 1.29 is 4.79 Å². The van der Waals surface area contributed by atoms with Crippen LogP contribution in [0.5, 0.6) is 0 Å². The average Bonchev–Trinajstić information content (AvgIpc) is 2.86. The molecule has 3 N–H and O–H groups in total. The summed E-state index contributed by atoms with van der Waals surface area (Å²) in [7, 11) is 0. The van der Waals surface area contributed by atoms with E-state index in [4.69, 9.17) is 18.0 Å². The molecule has 1 amide bonds. The molecular weight excluding hydrogens is 288 g/mol. The molecule has 1 aliphatic carbocycles. The van der Waals surface area contributed by atoms with Crippen LogP contribution in [-0.4, -0.2) is 27.9 Å².